The smallest absolute Gasteiger partial charge is 0.170 e. The van der Waals surface area contributed by atoms with E-state index in [0.29, 0.717) is 12.2 Å². The molecule has 0 amide bonds. The summed E-state index contributed by atoms with van der Waals surface area (Å²) in [6, 6.07) is 13.0. The maximum absolute atomic E-state index is 8.59. The summed E-state index contributed by atoms with van der Waals surface area (Å²) in [6.07, 6.45) is 0. The van der Waals surface area contributed by atoms with E-state index in [1.54, 1.807) is 12.1 Å². The van der Waals surface area contributed by atoms with Gasteiger partial charge in [0.15, 0.2) is 5.84 Å². The fraction of sp³-hybridized carbons (Fsp3) is 0.0714. The van der Waals surface area contributed by atoms with Gasteiger partial charge in [-0.3, -0.25) is 0 Å². The van der Waals surface area contributed by atoms with Gasteiger partial charge in [-0.1, -0.05) is 45.4 Å². The summed E-state index contributed by atoms with van der Waals surface area (Å²) in [5.41, 5.74) is 7.16. The summed E-state index contributed by atoms with van der Waals surface area (Å²) in [4.78, 5) is 0. The lowest BCUT2D eigenvalue weighted by atomic mass is 10.1. The van der Waals surface area contributed by atoms with E-state index < -0.39 is 0 Å². The SMILES string of the molecule is NC(=NO)c1ccc(COc2ccc(Br)cc2Br)cc1. The summed E-state index contributed by atoms with van der Waals surface area (Å²) in [5.74, 6) is 0.863. The normalized spacial score (nSPS) is 11.4. The van der Waals surface area contributed by atoms with Crippen molar-refractivity contribution >= 4 is 37.7 Å². The van der Waals surface area contributed by atoms with Crippen LogP contribution in [0, 0.1) is 0 Å². The lowest BCUT2D eigenvalue weighted by Crippen LogP contribution is -2.12. The molecular formula is C14H12Br2N2O2. The number of amidine groups is 1. The van der Waals surface area contributed by atoms with Crippen LogP contribution in [-0.2, 0) is 6.61 Å². The molecule has 4 nitrogen and oxygen atoms in total. The van der Waals surface area contributed by atoms with Crippen LogP contribution in [-0.4, -0.2) is 11.0 Å². The zero-order valence-corrected chi connectivity index (χ0v) is 13.6. The minimum absolute atomic E-state index is 0.0909. The average molecular weight is 400 g/mol. The van der Waals surface area contributed by atoms with Gasteiger partial charge >= 0.3 is 0 Å². The molecule has 2 rings (SSSR count). The molecular weight excluding hydrogens is 388 g/mol. The van der Waals surface area contributed by atoms with Crippen molar-refractivity contribution in [3.8, 4) is 5.75 Å². The molecule has 6 heteroatoms. The van der Waals surface area contributed by atoms with Gasteiger partial charge in [-0.25, -0.2) is 0 Å². The molecule has 0 atom stereocenters. The third kappa shape index (κ3) is 3.74. The zero-order chi connectivity index (χ0) is 14.5. The van der Waals surface area contributed by atoms with Gasteiger partial charge in [0.2, 0.25) is 0 Å². The number of nitrogens with two attached hydrogens (primary N) is 1. The van der Waals surface area contributed by atoms with E-state index in [-0.39, 0.29) is 5.84 Å². The van der Waals surface area contributed by atoms with Gasteiger partial charge < -0.3 is 15.7 Å². The number of rotatable bonds is 4. The Morgan fingerprint density at radius 3 is 2.45 bits per heavy atom. The third-order valence-electron chi connectivity index (χ3n) is 2.65. The molecule has 0 fully saturated rings. The second kappa shape index (κ2) is 6.76. The van der Waals surface area contributed by atoms with Crippen molar-refractivity contribution in [2.75, 3.05) is 0 Å². The van der Waals surface area contributed by atoms with Crippen LogP contribution in [0.3, 0.4) is 0 Å². The van der Waals surface area contributed by atoms with E-state index in [2.05, 4.69) is 37.0 Å². The van der Waals surface area contributed by atoms with E-state index in [0.717, 1.165) is 20.3 Å². The molecule has 0 aliphatic carbocycles. The minimum atomic E-state index is 0.0909. The monoisotopic (exact) mass is 398 g/mol. The Kier molecular flexibility index (Phi) is 5.03. The molecule has 0 saturated heterocycles. The summed E-state index contributed by atoms with van der Waals surface area (Å²) < 4.78 is 7.60. The van der Waals surface area contributed by atoms with Gasteiger partial charge in [0, 0.05) is 10.0 Å². The number of benzene rings is 2. The van der Waals surface area contributed by atoms with Crippen LogP contribution in [0.5, 0.6) is 5.75 Å². The molecule has 3 N–H and O–H groups in total. The first-order chi connectivity index (χ1) is 9.60. The first kappa shape index (κ1) is 14.9. The minimum Gasteiger partial charge on any atom is -0.488 e. The standard InChI is InChI=1S/C14H12Br2N2O2/c15-11-5-6-13(12(16)7-11)20-8-9-1-3-10(4-2-9)14(17)18-19/h1-7,19H,8H2,(H2,17,18). The van der Waals surface area contributed by atoms with E-state index >= 15 is 0 Å². The molecule has 20 heavy (non-hydrogen) atoms. The quantitative estimate of drug-likeness (QED) is 0.354. The maximum Gasteiger partial charge on any atom is 0.170 e. The van der Waals surface area contributed by atoms with Crippen molar-refractivity contribution in [1.82, 2.24) is 0 Å². The molecule has 0 bridgehead atoms. The third-order valence-corrected chi connectivity index (χ3v) is 3.76. The lowest BCUT2D eigenvalue weighted by Gasteiger charge is -2.09. The van der Waals surface area contributed by atoms with E-state index in [1.165, 1.54) is 0 Å². The van der Waals surface area contributed by atoms with Gasteiger partial charge in [0.05, 0.1) is 4.47 Å². The number of ether oxygens (including phenoxy) is 1. The molecule has 2 aromatic rings. The van der Waals surface area contributed by atoms with Crippen LogP contribution in [0.25, 0.3) is 0 Å². The number of hydrogen-bond acceptors (Lipinski definition) is 3. The van der Waals surface area contributed by atoms with Crippen LogP contribution in [0.4, 0.5) is 0 Å². The summed E-state index contributed by atoms with van der Waals surface area (Å²) in [6.45, 7) is 0.441. The Bertz CT molecular complexity index is 628. The van der Waals surface area contributed by atoms with Gasteiger partial charge in [0.1, 0.15) is 12.4 Å². The number of halogens is 2. The fourth-order valence-electron chi connectivity index (χ4n) is 1.58. The Hall–Kier alpha value is -1.53. The zero-order valence-electron chi connectivity index (χ0n) is 10.4. The average Bonchev–Trinajstić information content (AvgIpc) is 2.46. The topological polar surface area (TPSA) is 67.8 Å². The molecule has 0 aliphatic rings. The highest BCUT2D eigenvalue weighted by molar-refractivity contribution is 9.11. The highest BCUT2D eigenvalue weighted by Crippen LogP contribution is 2.28. The van der Waals surface area contributed by atoms with E-state index in [9.17, 15) is 0 Å². The van der Waals surface area contributed by atoms with Crippen LogP contribution in [0.15, 0.2) is 56.6 Å². The first-order valence-electron chi connectivity index (χ1n) is 5.75. The molecule has 0 radical (unpaired) electrons. The summed E-state index contributed by atoms with van der Waals surface area (Å²) in [7, 11) is 0. The van der Waals surface area contributed by atoms with Gasteiger partial charge in [-0.15, -0.1) is 0 Å². The van der Waals surface area contributed by atoms with Crippen molar-refractivity contribution in [3.63, 3.8) is 0 Å². The number of hydrogen-bond donors (Lipinski definition) is 2. The van der Waals surface area contributed by atoms with Crippen LogP contribution < -0.4 is 10.5 Å². The van der Waals surface area contributed by atoms with Crippen molar-refractivity contribution in [2.24, 2.45) is 10.9 Å². The predicted octanol–water partition coefficient (Wildman–Crippen LogP) is 3.89. The van der Waals surface area contributed by atoms with E-state index in [4.69, 9.17) is 15.7 Å². The Morgan fingerprint density at radius 2 is 1.85 bits per heavy atom. The molecule has 0 aromatic heterocycles. The van der Waals surface area contributed by atoms with Crippen LogP contribution in [0.1, 0.15) is 11.1 Å². The fourth-order valence-corrected chi connectivity index (χ4v) is 2.74. The second-order valence-corrected chi connectivity index (χ2v) is 5.82. The van der Waals surface area contributed by atoms with Crippen LogP contribution in [0.2, 0.25) is 0 Å². The Morgan fingerprint density at radius 1 is 1.15 bits per heavy atom. The Balaban J connectivity index is 2.04. The highest BCUT2D eigenvalue weighted by Gasteiger charge is 2.03. The maximum atomic E-state index is 8.59. The Labute approximate surface area is 133 Å². The second-order valence-electron chi connectivity index (χ2n) is 4.05. The summed E-state index contributed by atoms with van der Waals surface area (Å²) >= 11 is 6.84. The van der Waals surface area contributed by atoms with Crippen molar-refractivity contribution < 1.29 is 9.94 Å². The first-order valence-corrected chi connectivity index (χ1v) is 7.33. The van der Waals surface area contributed by atoms with Crippen LogP contribution >= 0.6 is 31.9 Å². The van der Waals surface area contributed by atoms with Crippen molar-refractivity contribution in [3.05, 3.63) is 62.5 Å². The number of oxime groups is 1. The lowest BCUT2D eigenvalue weighted by molar-refractivity contribution is 0.304. The molecule has 0 unspecified atom stereocenters. The van der Waals surface area contributed by atoms with Gasteiger partial charge in [-0.2, -0.15) is 0 Å². The molecule has 0 saturated carbocycles. The van der Waals surface area contributed by atoms with Gasteiger partial charge in [-0.05, 0) is 39.7 Å². The van der Waals surface area contributed by atoms with Crippen molar-refractivity contribution in [2.45, 2.75) is 6.61 Å². The van der Waals surface area contributed by atoms with E-state index in [1.807, 2.05) is 30.3 Å². The summed E-state index contributed by atoms with van der Waals surface area (Å²) in [5, 5.41) is 11.5. The van der Waals surface area contributed by atoms with Crippen molar-refractivity contribution in [1.29, 1.82) is 0 Å². The molecule has 0 heterocycles. The molecule has 2 aromatic carbocycles. The largest absolute Gasteiger partial charge is 0.488 e. The highest BCUT2D eigenvalue weighted by atomic mass is 79.9. The molecule has 104 valence electrons. The molecule has 0 spiro atoms. The molecule has 0 aliphatic heterocycles. The van der Waals surface area contributed by atoms with Gasteiger partial charge in [0.25, 0.3) is 0 Å². The predicted molar refractivity (Wildman–Crippen MR) is 85.1 cm³/mol. The number of nitrogens with zero attached hydrogens (tertiary/aromatic N) is 1.